The zero-order chi connectivity index (χ0) is 15.4. The minimum Gasteiger partial charge on any atom is -0.497 e. The lowest BCUT2D eigenvalue weighted by atomic mass is 10.1. The van der Waals surface area contributed by atoms with Crippen LogP contribution in [-0.2, 0) is 6.61 Å². The van der Waals surface area contributed by atoms with Crippen LogP contribution in [0.2, 0.25) is 0 Å². The van der Waals surface area contributed by atoms with Crippen molar-refractivity contribution in [3.63, 3.8) is 0 Å². The molecule has 0 spiro atoms. The Balaban J connectivity index is 2.20. The van der Waals surface area contributed by atoms with Crippen LogP contribution in [0.5, 0.6) is 11.5 Å². The summed E-state index contributed by atoms with van der Waals surface area (Å²) in [5.74, 6) is 0.786. The van der Waals surface area contributed by atoms with E-state index in [1.165, 1.54) is 18.2 Å². The highest BCUT2D eigenvalue weighted by Gasteiger charge is 2.11. The lowest BCUT2D eigenvalue weighted by Crippen LogP contribution is -2.02. The molecule has 0 saturated carbocycles. The molecule has 0 aliphatic carbocycles. The molecule has 2 aromatic rings. The maximum absolute atomic E-state index is 13.2. The van der Waals surface area contributed by atoms with Gasteiger partial charge in [0.15, 0.2) is 0 Å². The van der Waals surface area contributed by atoms with E-state index in [2.05, 4.69) is 15.9 Å². The second-order valence-electron chi connectivity index (χ2n) is 4.60. The monoisotopic (exact) mass is 354 g/mol. The number of hydrogen-bond acceptors (Lipinski definition) is 3. The molecule has 0 saturated heterocycles. The van der Waals surface area contributed by atoms with E-state index < -0.39 is 11.9 Å². The van der Waals surface area contributed by atoms with Crippen LogP contribution in [0.25, 0.3) is 0 Å². The van der Waals surface area contributed by atoms with Crippen LogP contribution < -0.4 is 9.47 Å². The Hall–Kier alpha value is -1.59. The predicted octanol–water partition coefficient (Wildman–Crippen LogP) is 4.23. The van der Waals surface area contributed by atoms with Gasteiger partial charge in [0.1, 0.15) is 23.9 Å². The Kier molecular flexibility index (Phi) is 5.20. The fourth-order valence-corrected chi connectivity index (χ4v) is 2.28. The van der Waals surface area contributed by atoms with Gasteiger partial charge in [0.25, 0.3) is 0 Å². The van der Waals surface area contributed by atoms with E-state index in [0.29, 0.717) is 11.3 Å². The highest BCUT2D eigenvalue weighted by Crippen LogP contribution is 2.28. The number of benzene rings is 2. The number of rotatable bonds is 5. The topological polar surface area (TPSA) is 38.7 Å². The van der Waals surface area contributed by atoms with Crippen LogP contribution in [0.4, 0.5) is 4.39 Å². The molecule has 0 radical (unpaired) electrons. The third-order valence-corrected chi connectivity index (χ3v) is 3.83. The van der Waals surface area contributed by atoms with Crippen LogP contribution in [0.1, 0.15) is 24.2 Å². The maximum Gasteiger partial charge on any atom is 0.125 e. The summed E-state index contributed by atoms with van der Waals surface area (Å²) >= 11 is 3.45. The molecule has 2 aromatic carbocycles. The molecule has 0 aliphatic rings. The van der Waals surface area contributed by atoms with Crippen molar-refractivity contribution < 1.29 is 19.0 Å². The van der Waals surface area contributed by atoms with Crippen LogP contribution in [0, 0.1) is 5.82 Å². The summed E-state index contributed by atoms with van der Waals surface area (Å²) < 4.78 is 25.0. The summed E-state index contributed by atoms with van der Waals surface area (Å²) in [5, 5.41) is 9.69. The molecule has 1 N–H and O–H groups in total. The van der Waals surface area contributed by atoms with Gasteiger partial charge in [-0.2, -0.15) is 0 Å². The molecule has 2 rings (SSSR count). The van der Waals surface area contributed by atoms with Crippen molar-refractivity contribution in [2.24, 2.45) is 0 Å². The van der Waals surface area contributed by atoms with E-state index in [-0.39, 0.29) is 6.61 Å². The summed E-state index contributed by atoms with van der Waals surface area (Å²) in [6.45, 7) is 1.85. The van der Waals surface area contributed by atoms with Gasteiger partial charge in [-0.3, -0.25) is 0 Å². The van der Waals surface area contributed by atoms with Crippen molar-refractivity contribution in [1.29, 1.82) is 0 Å². The van der Waals surface area contributed by atoms with Gasteiger partial charge in [-0.1, -0.05) is 15.9 Å². The second kappa shape index (κ2) is 6.91. The van der Waals surface area contributed by atoms with Gasteiger partial charge in [0.2, 0.25) is 0 Å². The smallest absolute Gasteiger partial charge is 0.125 e. The highest BCUT2D eigenvalue weighted by atomic mass is 79.9. The first-order valence-electron chi connectivity index (χ1n) is 6.44. The quantitative estimate of drug-likeness (QED) is 0.873. The molecular weight excluding hydrogens is 339 g/mol. The lowest BCUT2D eigenvalue weighted by molar-refractivity contribution is 0.189. The highest BCUT2D eigenvalue weighted by molar-refractivity contribution is 9.10. The third-order valence-electron chi connectivity index (χ3n) is 3.06. The fraction of sp³-hybridized carbons (Fsp3) is 0.250. The zero-order valence-corrected chi connectivity index (χ0v) is 13.4. The van der Waals surface area contributed by atoms with Crippen molar-refractivity contribution >= 4 is 15.9 Å². The number of aliphatic hydroxyl groups excluding tert-OH is 1. The third kappa shape index (κ3) is 3.95. The van der Waals surface area contributed by atoms with Crippen LogP contribution in [0.15, 0.2) is 40.9 Å². The Bertz CT molecular complexity index is 629. The average molecular weight is 355 g/mol. The fourth-order valence-electron chi connectivity index (χ4n) is 1.92. The van der Waals surface area contributed by atoms with Gasteiger partial charge in [-0.05, 0) is 43.3 Å². The standard InChI is InChI=1S/C16H16BrFO3/c1-10(19)14-8-12(18)3-6-16(14)21-9-11-7-13(20-2)4-5-15(11)17/h3-8,10,19H,9H2,1-2H3/t10-/m1/s1. The van der Waals surface area contributed by atoms with Gasteiger partial charge < -0.3 is 14.6 Å². The lowest BCUT2D eigenvalue weighted by Gasteiger charge is -2.14. The van der Waals surface area contributed by atoms with E-state index in [1.807, 2.05) is 18.2 Å². The van der Waals surface area contributed by atoms with E-state index in [9.17, 15) is 9.50 Å². The molecule has 21 heavy (non-hydrogen) atoms. The molecule has 3 nitrogen and oxygen atoms in total. The zero-order valence-electron chi connectivity index (χ0n) is 11.8. The van der Waals surface area contributed by atoms with Crippen LogP contribution in [0.3, 0.4) is 0 Å². The summed E-state index contributed by atoms with van der Waals surface area (Å²) in [4.78, 5) is 0. The second-order valence-corrected chi connectivity index (χ2v) is 5.46. The first-order chi connectivity index (χ1) is 10.0. The van der Waals surface area contributed by atoms with Crippen LogP contribution >= 0.6 is 15.9 Å². The van der Waals surface area contributed by atoms with E-state index in [1.54, 1.807) is 14.0 Å². The number of hydrogen-bond donors (Lipinski definition) is 1. The van der Waals surface area contributed by atoms with Crippen molar-refractivity contribution in [1.82, 2.24) is 0 Å². The minimum atomic E-state index is -0.801. The van der Waals surface area contributed by atoms with E-state index in [0.717, 1.165) is 15.8 Å². The molecule has 0 bridgehead atoms. The predicted molar refractivity (Wildman–Crippen MR) is 82.1 cm³/mol. The molecule has 0 heterocycles. The molecule has 0 amide bonds. The van der Waals surface area contributed by atoms with Crippen LogP contribution in [-0.4, -0.2) is 12.2 Å². The van der Waals surface area contributed by atoms with E-state index >= 15 is 0 Å². The Morgan fingerprint density at radius 3 is 2.67 bits per heavy atom. The first kappa shape index (κ1) is 15.8. The molecule has 112 valence electrons. The maximum atomic E-state index is 13.2. The van der Waals surface area contributed by atoms with Gasteiger partial charge in [-0.15, -0.1) is 0 Å². The number of ether oxygens (including phenoxy) is 2. The molecular formula is C16H16BrFO3. The Labute approximate surface area is 131 Å². The summed E-state index contributed by atoms with van der Waals surface area (Å²) in [7, 11) is 1.60. The molecule has 0 fully saturated rings. The van der Waals surface area contributed by atoms with Crippen molar-refractivity contribution in [2.75, 3.05) is 7.11 Å². The number of methoxy groups -OCH3 is 1. The SMILES string of the molecule is COc1ccc(Br)c(COc2ccc(F)cc2[C@@H](C)O)c1. The summed E-state index contributed by atoms with van der Waals surface area (Å²) in [6, 6.07) is 9.67. The minimum absolute atomic E-state index is 0.281. The van der Waals surface area contributed by atoms with Crippen molar-refractivity contribution in [3.05, 3.63) is 57.8 Å². The first-order valence-corrected chi connectivity index (χ1v) is 7.23. The Morgan fingerprint density at radius 2 is 2.00 bits per heavy atom. The molecule has 0 unspecified atom stereocenters. The van der Waals surface area contributed by atoms with Gasteiger partial charge in [0.05, 0.1) is 13.2 Å². The Morgan fingerprint density at radius 1 is 1.24 bits per heavy atom. The molecule has 5 heteroatoms. The number of halogens is 2. The van der Waals surface area contributed by atoms with Crippen molar-refractivity contribution in [2.45, 2.75) is 19.6 Å². The largest absolute Gasteiger partial charge is 0.497 e. The molecule has 0 aromatic heterocycles. The summed E-state index contributed by atoms with van der Waals surface area (Å²) in [6.07, 6.45) is -0.801. The van der Waals surface area contributed by atoms with E-state index in [4.69, 9.17) is 9.47 Å². The number of aliphatic hydroxyl groups is 1. The average Bonchev–Trinajstić information content (AvgIpc) is 2.47. The molecule has 0 aliphatic heterocycles. The molecule has 1 atom stereocenters. The van der Waals surface area contributed by atoms with Crippen molar-refractivity contribution in [3.8, 4) is 11.5 Å². The van der Waals surface area contributed by atoms with Gasteiger partial charge in [0, 0.05) is 15.6 Å². The van der Waals surface area contributed by atoms with Gasteiger partial charge >= 0.3 is 0 Å². The normalized spacial score (nSPS) is 12.0. The summed E-state index contributed by atoms with van der Waals surface area (Å²) in [5.41, 5.74) is 1.32. The van der Waals surface area contributed by atoms with Gasteiger partial charge in [-0.25, -0.2) is 4.39 Å².